The fourth-order valence-electron chi connectivity index (χ4n) is 4.46. The van der Waals surface area contributed by atoms with Crippen molar-refractivity contribution in [1.29, 1.82) is 0 Å². The number of nitrogens with one attached hydrogen (secondary N) is 1. The highest BCUT2D eigenvalue weighted by Gasteiger charge is 2.49. The topological polar surface area (TPSA) is 51.2 Å². The number of fused-ring (bicyclic) bond motifs is 1. The molecule has 4 aromatic rings. The van der Waals surface area contributed by atoms with Crippen LogP contribution >= 0.6 is 11.3 Å². The first-order chi connectivity index (χ1) is 15.1. The summed E-state index contributed by atoms with van der Waals surface area (Å²) in [7, 11) is 0. The van der Waals surface area contributed by atoms with Crippen molar-refractivity contribution in [1.82, 2.24) is 4.98 Å². The molecule has 3 aromatic carbocycles. The molecule has 31 heavy (non-hydrogen) atoms. The maximum absolute atomic E-state index is 13.5. The molecule has 1 aliphatic rings. The number of hydrogen-bond donors (Lipinski definition) is 1. The van der Waals surface area contributed by atoms with Crippen LogP contribution < -0.4 is 10.1 Å². The van der Waals surface area contributed by atoms with Crippen LogP contribution in [0.25, 0.3) is 0 Å². The highest BCUT2D eigenvalue weighted by Crippen LogP contribution is 2.52. The minimum Gasteiger partial charge on any atom is -0.457 e. The molecule has 5 rings (SSSR count). The van der Waals surface area contributed by atoms with Crippen molar-refractivity contribution in [2.45, 2.75) is 19.3 Å². The number of anilines is 1. The molecule has 0 aliphatic heterocycles. The van der Waals surface area contributed by atoms with E-state index in [-0.39, 0.29) is 11.8 Å². The van der Waals surface area contributed by atoms with E-state index < -0.39 is 5.41 Å². The van der Waals surface area contributed by atoms with Gasteiger partial charge in [0, 0.05) is 17.5 Å². The second-order valence-electron chi connectivity index (χ2n) is 8.01. The van der Waals surface area contributed by atoms with E-state index in [2.05, 4.69) is 34.6 Å². The number of amides is 1. The standard InChI is InChI=1S/C26H22N2O2S/c1-26(24(29)28-25-27-14-15-31-25)17-19-12-13-21(30-20-10-6-3-7-11-20)16-22(19)23(26)18-8-4-2-5-9-18/h2-16,23H,17H2,1H3,(H,27,28,29). The van der Waals surface area contributed by atoms with Gasteiger partial charge in [-0.2, -0.15) is 0 Å². The maximum atomic E-state index is 13.5. The van der Waals surface area contributed by atoms with E-state index in [9.17, 15) is 4.79 Å². The highest BCUT2D eigenvalue weighted by atomic mass is 32.1. The van der Waals surface area contributed by atoms with Crippen molar-refractivity contribution in [3.8, 4) is 11.5 Å². The number of rotatable bonds is 5. The van der Waals surface area contributed by atoms with Gasteiger partial charge in [-0.15, -0.1) is 11.3 Å². The molecule has 1 N–H and O–H groups in total. The number of para-hydroxylation sites is 1. The minimum absolute atomic E-state index is 0.0157. The van der Waals surface area contributed by atoms with Gasteiger partial charge in [-0.25, -0.2) is 4.98 Å². The van der Waals surface area contributed by atoms with Gasteiger partial charge < -0.3 is 10.1 Å². The van der Waals surface area contributed by atoms with Gasteiger partial charge in [0.1, 0.15) is 11.5 Å². The van der Waals surface area contributed by atoms with Gasteiger partial charge in [-0.05, 0) is 54.3 Å². The summed E-state index contributed by atoms with van der Waals surface area (Å²) in [5.41, 5.74) is 2.79. The van der Waals surface area contributed by atoms with E-state index in [1.807, 2.05) is 66.9 Å². The fraction of sp³-hybridized carbons (Fsp3) is 0.154. The van der Waals surface area contributed by atoms with E-state index in [0.29, 0.717) is 11.6 Å². The van der Waals surface area contributed by atoms with Crippen LogP contribution in [0.5, 0.6) is 11.5 Å². The number of nitrogens with zero attached hydrogens (tertiary/aromatic N) is 1. The third-order valence-electron chi connectivity index (χ3n) is 5.91. The maximum Gasteiger partial charge on any atom is 0.233 e. The number of hydrogen-bond acceptors (Lipinski definition) is 4. The summed E-state index contributed by atoms with van der Waals surface area (Å²) in [6.45, 7) is 2.05. The molecule has 1 amide bonds. The van der Waals surface area contributed by atoms with Crippen LogP contribution in [0.4, 0.5) is 5.13 Å². The van der Waals surface area contributed by atoms with Gasteiger partial charge >= 0.3 is 0 Å². The smallest absolute Gasteiger partial charge is 0.233 e. The first-order valence-corrected chi connectivity index (χ1v) is 11.1. The Labute approximate surface area is 185 Å². The Morgan fingerprint density at radius 1 is 1.03 bits per heavy atom. The number of carbonyl (C=O) groups is 1. The lowest BCUT2D eigenvalue weighted by Crippen LogP contribution is -2.37. The summed E-state index contributed by atoms with van der Waals surface area (Å²) in [6.07, 6.45) is 2.36. The van der Waals surface area contributed by atoms with E-state index >= 15 is 0 Å². The van der Waals surface area contributed by atoms with Crippen LogP contribution in [0.1, 0.15) is 29.5 Å². The predicted molar refractivity (Wildman–Crippen MR) is 124 cm³/mol. The van der Waals surface area contributed by atoms with Crippen LogP contribution in [-0.4, -0.2) is 10.9 Å². The number of thiazole rings is 1. The summed E-state index contributed by atoms with van der Waals surface area (Å²) in [5, 5.41) is 5.52. The second-order valence-corrected chi connectivity index (χ2v) is 8.90. The largest absolute Gasteiger partial charge is 0.457 e. The summed E-state index contributed by atoms with van der Waals surface area (Å²) < 4.78 is 6.09. The number of carbonyl (C=O) groups excluding carboxylic acids is 1. The van der Waals surface area contributed by atoms with Crippen LogP contribution in [0, 0.1) is 5.41 Å². The molecule has 1 aliphatic carbocycles. The van der Waals surface area contributed by atoms with Gasteiger partial charge in [0.05, 0.1) is 5.41 Å². The molecule has 0 saturated heterocycles. The lowest BCUT2D eigenvalue weighted by Gasteiger charge is -2.31. The third-order valence-corrected chi connectivity index (χ3v) is 6.59. The Morgan fingerprint density at radius 3 is 2.48 bits per heavy atom. The molecular formula is C26H22N2O2S. The van der Waals surface area contributed by atoms with Crippen LogP contribution in [0.3, 0.4) is 0 Å². The average Bonchev–Trinajstić information content (AvgIpc) is 3.40. The van der Waals surface area contributed by atoms with Crippen molar-refractivity contribution >= 4 is 22.4 Å². The minimum atomic E-state index is -0.638. The quantitative estimate of drug-likeness (QED) is 0.409. The highest BCUT2D eigenvalue weighted by molar-refractivity contribution is 7.13. The summed E-state index contributed by atoms with van der Waals surface area (Å²) in [5.74, 6) is 1.47. The summed E-state index contributed by atoms with van der Waals surface area (Å²) >= 11 is 1.43. The van der Waals surface area contributed by atoms with Crippen LogP contribution in [0.2, 0.25) is 0 Å². The normalized spacial score (nSPS) is 19.6. The summed E-state index contributed by atoms with van der Waals surface area (Å²) in [6, 6.07) is 26.2. The van der Waals surface area contributed by atoms with Gasteiger partial charge in [-0.3, -0.25) is 4.79 Å². The van der Waals surface area contributed by atoms with Crippen molar-refractivity contribution < 1.29 is 9.53 Å². The van der Waals surface area contributed by atoms with Crippen LogP contribution in [-0.2, 0) is 11.2 Å². The third kappa shape index (κ3) is 3.73. The predicted octanol–water partition coefficient (Wildman–Crippen LogP) is 6.27. The average molecular weight is 427 g/mol. The van der Waals surface area contributed by atoms with Crippen molar-refractivity contribution in [2.24, 2.45) is 5.41 Å². The van der Waals surface area contributed by atoms with Gasteiger partial charge in [-0.1, -0.05) is 54.6 Å². The molecule has 0 fully saturated rings. The summed E-state index contributed by atoms with van der Waals surface area (Å²) in [4.78, 5) is 17.7. The zero-order valence-electron chi connectivity index (χ0n) is 17.1. The molecule has 4 nitrogen and oxygen atoms in total. The van der Waals surface area contributed by atoms with Crippen molar-refractivity contribution in [3.05, 3.63) is 107 Å². The Bertz CT molecular complexity index is 1190. The van der Waals surface area contributed by atoms with Gasteiger partial charge in [0.2, 0.25) is 5.91 Å². The molecule has 2 atom stereocenters. The van der Waals surface area contributed by atoms with Crippen molar-refractivity contribution in [3.63, 3.8) is 0 Å². The first kappa shape index (κ1) is 19.5. The molecule has 0 bridgehead atoms. The number of aromatic nitrogens is 1. The van der Waals surface area contributed by atoms with E-state index in [1.54, 1.807) is 6.20 Å². The lowest BCUT2D eigenvalue weighted by molar-refractivity contribution is -0.125. The number of ether oxygens (including phenoxy) is 1. The molecule has 1 aromatic heterocycles. The molecule has 0 spiro atoms. The Kier molecular flexibility index (Phi) is 5.04. The lowest BCUT2D eigenvalue weighted by atomic mass is 9.73. The van der Waals surface area contributed by atoms with E-state index in [0.717, 1.165) is 22.6 Å². The molecule has 1 heterocycles. The van der Waals surface area contributed by atoms with Gasteiger partial charge in [0.25, 0.3) is 0 Å². The zero-order chi connectivity index (χ0) is 21.3. The molecule has 154 valence electrons. The Hall–Kier alpha value is -3.44. The Balaban J connectivity index is 1.54. The number of benzene rings is 3. The van der Waals surface area contributed by atoms with Crippen LogP contribution in [0.15, 0.2) is 90.4 Å². The van der Waals surface area contributed by atoms with E-state index in [4.69, 9.17) is 4.74 Å². The fourth-order valence-corrected chi connectivity index (χ4v) is 4.99. The molecule has 2 unspecified atom stereocenters. The Morgan fingerprint density at radius 2 is 1.77 bits per heavy atom. The SMILES string of the molecule is CC1(C(=O)Nc2nccs2)Cc2ccc(Oc3ccccc3)cc2C1c1ccccc1. The zero-order valence-corrected chi connectivity index (χ0v) is 17.9. The molecule has 5 heteroatoms. The first-order valence-electron chi connectivity index (χ1n) is 10.2. The van der Waals surface area contributed by atoms with E-state index in [1.165, 1.54) is 16.9 Å². The van der Waals surface area contributed by atoms with Gasteiger partial charge in [0.15, 0.2) is 5.13 Å². The van der Waals surface area contributed by atoms with Crippen molar-refractivity contribution in [2.75, 3.05) is 5.32 Å². The monoisotopic (exact) mass is 426 g/mol. The second kappa shape index (κ2) is 8.00. The molecular weight excluding hydrogens is 404 g/mol. The molecule has 0 saturated carbocycles. The molecule has 0 radical (unpaired) electrons.